The number of likely N-dealkylation sites (N-methyl/N-ethyl adjacent to an activating group) is 1. The number of ether oxygens (including phenoxy) is 1. The average Bonchev–Trinajstić information content (AvgIpc) is 2.30. The van der Waals surface area contributed by atoms with Crippen LogP contribution in [0.15, 0.2) is 18.2 Å². The fourth-order valence-corrected chi connectivity index (χ4v) is 1.69. The molecular weight excluding hydrogens is 284 g/mol. The van der Waals surface area contributed by atoms with Crippen LogP contribution in [0.25, 0.3) is 0 Å². The van der Waals surface area contributed by atoms with Crippen molar-refractivity contribution in [1.82, 2.24) is 4.90 Å². The van der Waals surface area contributed by atoms with Gasteiger partial charge in [0.25, 0.3) is 0 Å². The van der Waals surface area contributed by atoms with Gasteiger partial charge < -0.3 is 9.84 Å². The number of rotatable bonds is 3. The molecule has 1 N–H and O–H groups in total. The number of halogens is 2. The summed E-state index contributed by atoms with van der Waals surface area (Å²) < 4.78 is 32.5. The highest BCUT2D eigenvalue weighted by atomic mass is 19.1. The van der Waals surface area contributed by atoms with Crippen LogP contribution in [0, 0.1) is 11.6 Å². The monoisotopic (exact) mass is 301 g/mol. The number of aliphatic carboxylic acids is 1. The van der Waals surface area contributed by atoms with Crippen LogP contribution in [0.3, 0.4) is 0 Å². The van der Waals surface area contributed by atoms with Gasteiger partial charge in [-0.3, -0.25) is 4.90 Å². The van der Waals surface area contributed by atoms with Crippen LogP contribution in [-0.2, 0) is 9.53 Å². The van der Waals surface area contributed by atoms with Crippen molar-refractivity contribution in [2.75, 3.05) is 7.05 Å². The first-order chi connectivity index (χ1) is 9.54. The number of carbonyl (C=O) groups excluding carboxylic acids is 1. The molecule has 1 aromatic rings. The van der Waals surface area contributed by atoms with Crippen molar-refractivity contribution >= 4 is 12.1 Å². The van der Waals surface area contributed by atoms with Crippen molar-refractivity contribution in [3.8, 4) is 0 Å². The summed E-state index contributed by atoms with van der Waals surface area (Å²) in [6.45, 7) is 4.79. The zero-order valence-electron chi connectivity index (χ0n) is 12.2. The molecule has 1 unspecified atom stereocenters. The minimum absolute atomic E-state index is 0.648. The first-order valence-electron chi connectivity index (χ1n) is 6.17. The Morgan fingerprint density at radius 2 is 1.71 bits per heavy atom. The Hall–Kier alpha value is -2.18. The van der Waals surface area contributed by atoms with Crippen LogP contribution in [0.4, 0.5) is 13.6 Å². The minimum atomic E-state index is -1.82. The molecule has 116 valence electrons. The summed E-state index contributed by atoms with van der Waals surface area (Å²) in [6.07, 6.45) is -0.988. The first-order valence-corrected chi connectivity index (χ1v) is 6.17. The van der Waals surface area contributed by atoms with Crippen LogP contribution >= 0.6 is 0 Å². The van der Waals surface area contributed by atoms with Crippen LogP contribution in [0.2, 0.25) is 0 Å². The van der Waals surface area contributed by atoms with E-state index in [9.17, 15) is 23.5 Å². The summed E-state index contributed by atoms with van der Waals surface area (Å²) in [5.41, 5.74) is -1.57. The number of hydrogen-bond acceptors (Lipinski definition) is 3. The second-order valence-electron chi connectivity index (χ2n) is 5.47. The molecule has 21 heavy (non-hydrogen) atoms. The lowest BCUT2D eigenvalue weighted by Gasteiger charge is -2.29. The quantitative estimate of drug-likeness (QED) is 0.932. The molecular formula is C14H17F2NO4. The Morgan fingerprint density at radius 1 is 1.24 bits per heavy atom. The van der Waals surface area contributed by atoms with E-state index in [1.54, 1.807) is 20.8 Å². The van der Waals surface area contributed by atoms with E-state index in [4.69, 9.17) is 4.74 Å². The molecule has 5 nitrogen and oxygen atoms in total. The maximum absolute atomic E-state index is 13.7. The third-order valence-corrected chi connectivity index (χ3v) is 2.58. The standard InChI is InChI=1S/C14H17F2NO4/c1-14(2,3)21-13(20)17(4)11(12(18)19)10-8(15)6-5-7-9(10)16/h5-7,11H,1-4H3,(H,18,19). The molecule has 1 atom stereocenters. The number of benzene rings is 1. The first kappa shape index (κ1) is 16.9. The van der Waals surface area contributed by atoms with Crippen molar-refractivity contribution in [3.63, 3.8) is 0 Å². The molecule has 0 bridgehead atoms. The minimum Gasteiger partial charge on any atom is -0.479 e. The Kier molecular flexibility index (Phi) is 4.88. The summed E-state index contributed by atoms with van der Waals surface area (Å²) in [5.74, 6) is -3.65. The van der Waals surface area contributed by atoms with Crippen LogP contribution in [-0.4, -0.2) is 34.7 Å². The van der Waals surface area contributed by atoms with Gasteiger partial charge in [-0.1, -0.05) is 6.07 Å². The smallest absolute Gasteiger partial charge is 0.411 e. The SMILES string of the molecule is CN(C(=O)OC(C)(C)C)C(C(=O)O)c1c(F)cccc1F. The van der Waals surface area contributed by atoms with Gasteiger partial charge in [0.05, 0.1) is 5.56 Å². The van der Waals surface area contributed by atoms with Gasteiger partial charge in [-0.25, -0.2) is 18.4 Å². The van der Waals surface area contributed by atoms with Gasteiger partial charge in [0.15, 0.2) is 6.04 Å². The van der Waals surface area contributed by atoms with Gasteiger partial charge in [0, 0.05) is 7.05 Å². The molecule has 1 rings (SSSR count). The maximum Gasteiger partial charge on any atom is 0.411 e. The van der Waals surface area contributed by atoms with Gasteiger partial charge in [-0.15, -0.1) is 0 Å². The predicted octanol–water partition coefficient (Wildman–Crippen LogP) is 2.96. The molecule has 0 aliphatic carbocycles. The van der Waals surface area contributed by atoms with Crippen molar-refractivity contribution in [1.29, 1.82) is 0 Å². The second kappa shape index (κ2) is 6.07. The molecule has 1 aromatic carbocycles. The number of amides is 1. The lowest BCUT2D eigenvalue weighted by molar-refractivity contribution is -0.143. The van der Waals surface area contributed by atoms with Crippen molar-refractivity contribution in [2.45, 2.75) is 32.4 Å². The summed E-state index contributed by atoms with van der Waals surface area (Å²) in [6, 6.07) is 1.15. The number of hydrogen-bond donors (Lipinski definition) is 1. The lowest BCUT2D eigenvalue weighted by Crippen LogP contribution is -2.40. The predicted molar refractivity (Wildman–Crippen MR) is 70.7 cm³/mol. The molecule has 0 saturated heterocycles. The molecule has 1 amide bonds. The van der Waals surface area contributed by atoms with Gasteiger partial charge >= 0.3 is 12.1 Å². The molecule has 0 aliphatic heterocycles. The molecule has 0 heterocycles. The van der Waals surface area contributed by atoms with E-state index >= 15 is 0 Å². The van der Waals surface area contributed by atoms with E-state index < -0.39 is 40.9 Å². The Balaban J connectivity index is 3.19. The largest absolute Gasteiger partial charge is 0.479 e. The highest BCUT2D eigenvalue weighted by Crippen LogP contribution is 2.27. The normalized spacial score (nSPS) is 12.7. The molecule has 0 aromatic heterocycles. The molecule has 0 spiro atoms. The number of carboxylic acids is 1. The zero-order valence-corrected chi connectivity index (χ0v) is 12.2. The van der Waals surface area contributed by atoms with Crippen molar-refractivity contribution in [2.24, 2.45) is 0 Å². The highest BCUT2D eigenvalue weighted by Gasteiger charge is 2.35. The third kappa shape index (κ3) is 4.14. The third-order valence-electron chi connectivity index (χ3n) is 2.58. The Morgan fingerprint density at radius 3 is 2.10 bits per heavy atom. The van der Waals surface area contributed by atoms with Gasteiger partial charge in [-0.2, -0.15) is 0 Å². The van der Waals surface area contributed by atoms with Crippen LogP contribution in [0.1, 0.15) is 32.4 Å². The van der Waals surface area contributed by atoms with E-state index in [0.29, 0.717) is 4.90 Å². The summed E-state index contributed by atoms with van der Waals surface area (Å²) in [7, 11) is 1.11. The fourth-order valence-electron chi connectivity index (χ4n) is 1.69. The van der Waals surface area contributed by atoms with Crippen molar-refractivity contribution < 1.29 is 28.2 Å². The summed E-state index contributed by atoms with van der Waals surface area (Å²) in [5, 5.41) is 9.21. The Labute approximate surface area is 121 Å². The fraction of sp³-hybridized carbons (Fsp3) is 0.429. The van der Waals surface area contributed by atoms with E-state index in [-0.39, 0.29) is 0 Å². The number of nitrogens with zero attached hydrogens (tertiary/aromatic N) is 1. The number of carbonyl (C=O) groups is 2. The lowest BCUT2D eigenvalue weighted by atomic mass is 10.0. The van der Waals surface area contributed by atoms with Crippen LogP contribution in [0.5, 0.6) is 0 Å². The van der Waals surface area contributed by atoms with Crippen molar-refractivity contribution in [3.05, 3.63) is 35.4 Å². The van der Waals surface area contributed by atoms with E-state index in [2.05, 4.69) is 0 Å². The molecule has 0 aliphatic rings. The van der Waals surface area contributed by atoms with Gasteiger partial charge in [0.1, 0.15) is 17.2 Å². The van der Waals surface area contributed by atoms with E-state index in [1.807, 2.05) is 0 Å². The second-order valence-corrected chi connectivity index (χ2v) is 5.47. The molecule has 7 heteroatoms. The highest BCUT2D eigenvalue weighted by molar-refractivity contribution is 5.81. The summed E-state index contributed by atoms with van der Waals surface area (Å²) >= 11 is 0. The maximum atomic E-state index is 13.7. The summed E-state index contributed by atoms with van der Waals surface area (Å²) in [4.78, 5) is 23.9. The zero-order chi connectivity index (χ0) is 16.4. The molecule has 0 fully saturated rings. The molecule has 0 radical (unpaired) electrons. The van der Waals surface area contributed by atoms with E-state index in [1.165, 1.54) is 0 Å². The molecule has 0 saturated carbocycles. The van der Waals surface area contributed by atoms with Gasteiger partial charge in [0.2, 0.25) is 0 Å². The Bertz CT molecular complexity index is 534. The topological polar surface area (TPSA) is 66.8 Å². The average molecular weight is 301 g/mol. The van der Waals surface area contributed by atoms with Crippen LogP contribution < -0.4 is 0 Å². The number of carboxylic acid groups (broad SMARTS) is 1. The van der Waals surface area contributed by atoms with E-state index in [0.717, 1.165) is 25.2 Å². The van der Waals surface area contributed by atoms with Gasteiger partial charge in [-0.05, 0) is 32.9 Å².